The van der Waals surface area contributed by atoms with Gasteiger partial charge >= 0.3 is 0 Å². The van der Waals surface area contributed by atoms with Gasteiger partial charge in [-0.05, 0) is 44.0 Å². The summed E-state index contributed by atoms with van der Waals surface area (Å²) in [6.45, 7) is 2.62. The minimum atomic E-state index is -0.541. The Labute approximate surface area is 133 Å². The van der Waals surface area contributed by atoms with Crippen LogP contribution in [0.25, 0.3) is 0 Å². The second-order valence-corrected chi connectivity index (χ2v) is 5.48. The number of hydrogen-bond donors (Lipinski definition) is 2. The van der Waals surface area contributed by atoms with Crippen LogP contribution in [0.1, 0.15) is 31.4 Å². The van der Waals surface area contributed by atoms with Crippen molar-refractivity contribution >= 4 is 41.5 Å². The van der Waals surface area contributed by atoms with Crippen molar-refractivity contribution in [2.24, 2.45) is 0 Å². The van der Waals surface area contributed by atoms with Gasteiger partial charge in [-0.25, -0.2) is 4.39 Å². The number of benzene rings is 1. The molecule has 1 aliphatic rings. The molecule has 7 heteroatoms. The highest BCUT2D eigenvalue weighted by atomic mass is 35.5. The molecule has 1 fully saturated rings. The quantitative estimate of drug-likeness (QED) is 0.826. The standard InChI is InChI=1S/C13H15Cl2FN2O.ClH/c1-7(18-13(19)12-3-2-4-17-12)8-5-11(16)10(15)6-9(8)14;/h5-7,12,17H,2-4H2,1H3,(H,18,19);1H. The highest BCUT2D eigenvalue weighted by Gasteiger charge is 2.24. The van der Waals surface area contributed by atoms with Crippen molar-refractivity contribution in [1.82, 2.24) is 10.6 Å². The zero-order chi connectivity index (χ0) is 14.0. The highest BCUT2D eigenvalue weighted by Crippen LogP contribution is 2.28. The van der Waals surface area contributed by atoms with E-state index in [1.165, 1.54) is 12.1 Å². The molecule has 0 aliphatic carbocycles. The Morgan fingerprint density at radius 3 is 2.75 bits per heavy atom. The van der Waals surface area contributed by atoms with Gasteiger partial charge in [-0.3, -0.25) is 4.79 Å². The van der Waals surface area contributed by atoms with Crippen molar-refractivity contribution in [3.05, 3.63) is 33.6 Å². The Kier molecular flexibility index (Phi) is 6.52. The Morgan fingerprint density at radius 1 is 1.45 bits per heavy atom. The van der Waals surface area contributed by atoms with Crippen LogP contribution in [-0.2, 0) is 4.79 Å². The third kappa shape index (κ3) is 3.98. The summed E-state index contributed by atoms with van der Waals surface area (Å²) >= 11 is 11.7. The summed E-state index contributed by atoms with van der Waals surface area (Å²) in [6.07, 6.45) is 1.81. The van der Waals surface area contributed by atoms with E-state index in [1.54, 1.807) is 6.92 Å². The number of amides is 1. The summed E-state index contributed by atoms with van der Waals surface area (Å²) in [5.41, 5.74) is 0.523. The minimum Gasteiger partial charge on any atom is -0.348 e. The van der Waals surface area contributed by atoms with Crippen molar-refractivity contribution in [1.29, 1.82) is 0 Å². The molecule has 1 aromatic rings. The van der Waals surface area contributed by atoms with Crippen LogP contribution in [0.4, 0.5) is 4.39 Å². The molecule has 0 aromatic heterocycles. The summed E-state index contributed by atoms with van der Waals surface area (Å²) in [5.74, 6) is -0.627. The summed E-state index contributed by atoms with van der Waals surface area (Å²) in [4.78, 5) is 12.0. The summed E-state index contributed by atoms with van der Waals surface area (Å²) in [7, 11) is 0. The molecule has 112 valence electrons. The minimum absolute atomic E-state index is 0. The van der Waals surface area contributed by atoms with Crippen molar-refractivity contribution < 1.29 is 9.18 Å². The van der Waals surface area contributed by atoms with Gasteiger partial charge in [0.1, 0.15) is 5.82 Å². The SMILES string of the molecule is CC(NC(=O)C1CCCN1)c1cc(F)c(Cl)cc1Cl.Cl. The number of nitrogens with one attached hydrogen (secondary N) is 2. The van der Waals surface area contributed by atoms with Gasteiger partial charge in [-0.15, -0.1) is 12.4 Å². The molecule has 1 amide bonds. The number of halogens is 4. The average Bonchev–Trinajstić information content (AvgIpc) is 2.87. The van der Waals surface area contributed by atoms with Gasteiger partial charge in [-0.2, -0.15) is 0 Å². The average molecular weight is 342 g/mol. The van der Waals surface area contributed by atoms with Gasteiger partial charge in [0.2, 0.25) is 5.91 Å². The number of carbonyl (C=O) groups is 1. The monoisotopic (exact) mass is 340 g/mol. The first-order valence-electron chi connectivity index (χ1n) is 6.17. The molecule has 0 saturated carbocycles. The molecule has 2 atom stereocenters. The molecule has 1 aromatic carbocycles. The van der Waals surface area contributed by atoms with Crippen LogP contribution >= 0.6 is 35.6 Å². The first kappa shape index (κ1) is 17.5. The molecule has 1 saturated heterocycles. The Hall–Kier alpha value is -0.550. The van der Waals surface area contributed by atoms with E-state index in [9.17, 15) is 9.18 Å². The van der Waals surface area contributed by atoms with E-state index in [2.05, 4.69) is 10.6 Å². The zero-order valence-electron chi connectivity index (χ0n) is 10.9. The van der Waals surface area contributed by atoms with Gasteiger partial charge in [0.25, 0.3) is 0 Å². The van der Waals surface area contributed by atoms with Gasteiger partial charge < -0.3 is 10.6 Å². The fourth-order valence-electron chi connectivity index (χ4n) is 2.17. The molecule has 0 radical (unpaired) electrons. The third-order valence-electron chi connectivity index (χ3n) is 3.24. The Morgan fingerprint density at radius 2 is 2.15 bits per heavy atom. The summed E-state index contributed by atoms with van der Waals surface area (Å²) in [5, 5.41) is 6.26. The van der Waals surface area contributed by atoms with Crippen LogP contribution < -0.4 is 10.6 Å². The van der Waals surface area contributed by atoms with Crippen LogP contribution in [0.15, 0.2) is 12.1 Å². The van der Waals surface area contributed by atoms with E-state index in [1.807, 2.05) is 0 Å². The molecule has 1 heterocycles. The van der Waals surface area contributed by atoms with Gasteiger partial charge in [0.15, 0.2) is 0 Å². The predicted octanol–water partition coefficient (Wildman–Crippen LogP) is 3.48. The summed E-state index contributed by atoms with van der Waals surface area (Å²) in [6, 6.07) is 2.08. The van der Waals surface area contributed by atoms with Crippen molar-refractivity contribution in [3.63, 3.8) is 0 Å². The maximum atomic E-state index is 13.4. The molecule has 2 unspecified atom stereocenters. The van der Waals surface area contributed by atoms with Crippen molar-refractivity contribution in [2.75, 3.05) is 6.54 Å². The first-order valence-corrected chi connectivity index (χ1v) is 6.93. The smallest absolute Gasteiger partial charge is 0.237 e. The lowest BCUT2D eigenvalue weighted by Gasteiger charge is -2.19. The number of carbonyl (C=O) groups excluding carboxylic acids is 1. The van der Waals surface area contributed by atoms with E-state index in [0.29, 0.717) is 10.6 Å². The van der Waals surface area contributed by atoms with E-state index < -0.39 is 5.82 Å². The second kappa shape index (κ2) is 7.46. The molecule has 1 aliphatic heterocycles. The molecule has 0 bridgehead atoms. The number of hydrogen-bond acceptors (Lipinski definition) is 2. The van der Waals surface area contributed by atoms with Crippen LogP contribution in [-0.4, -0.2) is 18.5 Å². The first-order chi connectivity index (χ1) is 8.99. The second-order valence-electron chi connectivity index (χ2n) is 4.67. The molecular formula is C13H16Cl3FN2O. The lowest BCUT2D eigenvalue weighted by Crippen LogP contribution is -2.41. The van der Waals surface area contributed by atoms with Gasteiger partial charge in [0, 0.05) is 5.02 Å². The maximum absolute atomic E-state index is 13.4. The van der Waals surface area contributed by atoms with Crippen molar-refractivity contribution in [3.8, 4) is 0 Å². The molecule has 0 spiro atoms. The highest BCUT2D eigenvalue weighted by molar-refractivity contribution is 6.35. The lowest BCUT2D eigenvalue weighted by molar-refractivity contribution is -0.123. The third-order valence-corrected chi connectivity index (χ3v) is 3.86. The van der Waals surface area contributed by atoms with Crippen LogP contribution in [0, 0.1) is 5.82 Å². The lowest BCUT2D eigenvalue weighted by atomic mass is 10.1. The van der Waals surface area contributed by atoms with Gasteiger partial charge in [0.05, 0.1) is 17.1 Å². The van der Waals surface area contributed by atoms with Gasteiger partial charge in [-0.1, -0.05) is 23.2 Å². The van der Waals surface area contributed by atoms with Crippen LogP contribution in [0.5, 0.6) is 0 Å². The fraction of sp³-hybridized carbons (Fsp3) is 0.462. The van der Waals surface area contributed by atoms with Crippen LogP contribution in [0.3, 0.4) is 0 Å². The molecule has 2 rings (SSSR count). The maximum Gasteiger partial charge on any atom is 0.237 e. The normalized spacial score (nSPS) is 19.3. The predicted molar refractivity (Wildman–Crippen MR) is 81.3 cm³/mol. The van der Waals surface area contributed by atoms with E-state index in [4.69, 9.17) is 23.2 Å². The topological polar surface area (TPSA) is 41.1 Å². The molecule has 20 heavy (non-hydrogen) atoms. The zero-order valence-corrected chi connectivity index (χ0v) is 13.2. The number of rotatable bonds is 3. The molecule has 2 N–H and O–H groups in total. The Balaban J connectivity index is 0.00000200. The van der Waals surface area contributed by atoms with E-state index >= 15 is 0 Å². The van der Waals surface area contributed by atoms with E-state index in [-0.39, 0.29) is 35.4 Å². The molecule has 3 nitrogen and oxygen atoms in total. The largest absolute Gasteiger partial charge is 0.348 e. The fourth-order valence-corrected chi connectivity index (χ4v) is 2.72. The summed E-state index contributed by atoms with van der Waals surface area (Å²) < 4.78 is 13.4. The Bertz CT molecular complexity index is 493. The van der Waals surface area contributed by atoms with Crippen molar-refractivity contribution in [2.45, 2.75) is 31.8 Å². The van der Waals surface area contributed by atoms with Crippen LogP contribution in [0.2, 0.25) is 10.0 Å². The van der Waals surface area contributed by atoms with E-state index in [0.717, 1.165) is 19.4 Å². The molecular weight excluding hydrogens is 326 g/mol.